The molecule has 34 heavy (non-hydrogen) atoms. The highest BCUT2D eigenvalue weighted by Gasteiger charge is 2.43. The van der Waals surface area contributed by atoms with Gasteiger partial charge in [0.2, 0.25) is 0 Å². The first-order valence-corrected chi connectivity index (χ1v) is 13.8. The minimum absolute atomic E-state index is 0.000222. The van der Waals surface area contributed by atoms with Gasteiger partial charge in [0.15, 0.2) is 9.84 Å². The number of benzene rings is 1. The van der Waals surface area contributed by atoms with Gasteiger partial charge in [-0.2, -0.15) is 0 Å². The Morgan fingerprint density at radius 1 is 1.32 bits per heavy atom. The van der Waals surface area contributed by atoms with Gasteiger partial charge in [-0.15, -0.1) is 11.3 Å². The topological polar surface area (TPSA) is 120 Å². The van der Waals surface area contributed by atoms with Gasteiger partial charge in [0.25, 0.3) is 5.91 Å². The van der Waals surface area contributed by atoms with Crippen LogP contribution in [0.2, 0.25) is 0 Å². The molecule has 2 heterocycles. The van der Waals surface area contributed by atoms with Crippen LogP contribution in [-0.2, 0) is 21.1 Å². The fourth-order valence-electron chi connectivity index (χ4n) is 4.09. The van der Waals surface area contributed by atoms with E-state index in [4.69, 9.17) is 5.21 Å². The second-order valence-corrected chi connectivity index (χ2v) is 12.7. The molecular weight excluding hydrogens is 474 g/mol. The van der Waals surface area contributed by atoms with Crippen molar-refractivity contribution in [2.75, 3.05) is 19.3 Å². The Balaban J connectivity index is 1.36. The third kappa shape index (κ3) is 5.12. The van der Waals surface area contributed by atoms with Gasteiger partial charge in [0, 0.05) is 43.3 Å². The van der Waals surface area contributed by atoms with Crippen molar-refractivity contribution in [1.29, 1.82) is 0 Å². The Kier molecular flexibility index (Phi) is 6.99. The number of carbonyl (C=O) groups is 1. The van der Waals surface area contributed by atoms with E-state index in [2.05, 4.69) is 33.6 Å². The maximum atomic E-state index is 12.1. The molecule has 3 N–H and O–H groups in total. The van der Waals surface area contributed by atoms with Crippen LogP contribution in [0.4, 0.5) is 0 Å². The molecule has 2 aliphatic rings. The van der Waals surface area contributed by atoms with Crippen LogP contribution in [-0.4, -0.2) is 70.8 Å². The third-order valence-electron chi connectivity index (χ3n) is 6.71. The molecule has 0 spiro atoms. The molecule has 1 saturated heterocycles. The molecule has 8 nitrogen and oxygen atoms in total. The van der Waals surface area contributed by atoms with Crippen molar-refractivity contribution in [3.63, 3.8) is 0 Å². The van der Waals surface area contributed by atoms with Crippen molar-refractivity contribution in [2.45, 2.75) is 49.5 Å². The van der Waals surface area contributed by atoms with Crippen LogP contribution < -0.4 is 5.48 Å². The number of thiazole rings is 1. The molecule has 0 bridgehead atoms. The minimum atomic E-state index is -3.75. The lowest BCUT2D eigenvalue weighted by Crippen LogP contribution is -2.57. The number of carbonyl (C=O) groups excluding carboxylic acids is 1. The molecule has 1 saturated carbocycles. The number of aromatic nitrogens is 1. The molecule has 1 atom stereocenters. The van der Waals surface area contributed by atoms with Crippen LogP contribution in [0.5, 0.6) is 0 Å². The molecule has 0 radical (unpaired) electrons. The van der Waals surface area contributed by atoms with E-state index in [1.807, 2.05) is 18.2 Å². The second kappa shape index (κ2) is 9.65. The molecule has 180 valence electrons. The molecule has 2 aromatic rings. The molecule has 1 aromatic heterocycles. The molecule has 10 heteroatoms. The van der Waals surface area contributed by atoms with Gasteiger partial charge in [-0.3, -0.25) is 14.9 Å². The molecular formula is C24H27N3O5S2. The lowest BCUT2D eigenvalue weighted by atomic mass is 9.84. The number of aliphatic hydroxyl groups is 1. The Morgan fingerprint density at radius 2 is 2.06 bits per heavy atom. The van der Waals surface area contributed by atoms with E-state index in [0.29, 0.717) is 17.0 Å². The van der Waals surface area contributed by atoms with E-state index in [1.165, 1.54) is 23.7 Å². The van der Waals surface area contributed by atoms with Crippen LogP contribution in [0.25, 0.3) is 10.2 Å². The van der Waals surface area contributed by atoms with Gasteiger partial charge < -0.3 is 5.11 Å². The molecule has 1 amide bonds. The van der Waals surface area contributed by atoms with E-state index in [1.54, 1.807) is 0 Å². The van der Waals surface area contributed by atoms with Crippen LogP contribution in [0.3, 0.4) is 0 Å². The number of aryl methyl sites for hydroxylation is 1. The number of hydrogen-bond donors (Lipinski definition) is 3. The highest BCUT2D eigenvalue weighted by Crippen LogP contribution is 2.31. The number of nitrogens with zero attached hydrogens (tertiary/aromatic N) is 2. The van der Waals surface area contributed by atoms with Crippen molar-refractivity contribution in [2.24, 2.45) is 5.92 Å². The minimum Gasteiger partial charge on any atom is -0.393 e. The summed E-state index contributed by atoms with van der Waals surface area (Å²) in [5.41, 5.74) is 3.06. The third-order valence-corrected chi connectivity index (χ3v) is 9.81. The normalized spacial score (nSPS) is 22.4. The van der Waals surface area contributed by atoms with Crippen molar-refractivity contribution in [3.8, 4) is 23.7 Å². The number of sulfone groups is 1. The van der Waals surface area contributed by atoms with Crippen LogP contribution in [0.1, 0.15) is 36.8 Å². The van der Waals surface area contributed by atoms with Gasteiger partial charge in [-0.1, -0.05) is 11.8 Å². The SMILES string of the molecule is CC(CCc1nc2ccc(C#CC#CC3CN(C4CC(O)C4)C3)cc2s1)(C(=O)NO)S(C)(=O)=O. The fraction of sp³-hybridized carbons (Fsp3) is 0.500. The number of aliphatic hydroxyl groups excluding tert-OH is 1. The maximum absolute atomic E-state index is 12.1. The van der Waals surface area contributed by atoms with Crippen molar-refractivity contribution in [1.82, 2.24) is 15.4 Å². The summed E-state index contributed by atoms with van der Waals surface area (Å²) in [6.07, 6.45) is 2.87. The zero-order valence-electron chi connectivity index (χ0n) is 19.0. The molecule has 1 aromatic carbocycles. The number of likely N-dealkylation sites (tertiary alicyclic amines) is 1. The quantitative estimate of drug-likeness (QED) is 0.310. The lowest BCUT2D eigenvalue weighted by molar-refractivity contribution is -0.131. The van der Waals surface area contributed by atoms with E-state index >= 15 is 0 Å². The van der Waals surface area contributed by atoms with Gasteiger partial charge in [-0.25, -0.2) is 18.9 Å². The number of rotatable bonds is 6. The largest absolute Gasteiger partial charge is 0.393 e. The Morgan fingerprint density at radius 3 is 2.71 bits per heavy atom. The zero-order valence-corrected chi connectivity index (χ0v) is 20.7. The predicted molar refractivity (Wildman–Crippen MR) is 130 cm³/mol. The summed E-state index contributed by atoms with van der Waals surface area (Å²) in [4.78, 5) is 18.9. The summed E-state index contributed by atoms with van der Waals surface area (Å²) >= 11 is 1.42. The molecule has 1 aliphatic carbocycles. The van der Waals surface area contributed by atoms with E-state index in [9.17, 15) is 18.3 Å². The molecule has 1 aliphatic heterocycles. The summed E-state index contributed by atoms with van der Waals surface area (Å²) in [6.45, 7) is 3.19. The average Bonchev–Trinajstić information content (AvgIpc) is 3.15. The average molecular weight is 502 g/mol. The van der Waals surface area contributed by atoms with Crippen LogP contribution >= 0.6 is 11.3 Å². The van der Waals surface area contributed by atoms with Crippen molar-refractivity contribution < 1.29 is 23.5 Å². The van der Waals surface area contributed by atoms with Crippen molar-refractivity contribution >= 4 is 37.3 Å². The van der Waals surface area contributed by atoms with Gasteiger partial charge >= 0.3 is 0 Å². The van der Waals surface area contributed by atoms with Crippen molar-refractivity contribution in [3.05, 3.63) is 28.8 Å². The monoisotopic (exact) mass is 501 g/mol. The summed E-state index contributed by atoms with van der Waals surface area (Å²) in [7, 11) is -3.75. The molecule has 2 fully saturated rings. The summed E-state index contributed by atoms with van der Waals surface area (Å²) < 4.78 is 23.4. The summed E-state index contributed by atoms with van der Waals surface area (Å²) in [6, 6.07) is 6.17. The predicted octanol–water partition coefficient (Wildman–Crippen LogP) is 1.35. The first-order valence-electron chi connectivity index (χ1n) is 11.1. The Labute approximate surface area is 203 Å². The van der Waals surface area contributed by atoms with Gasteiger partial charge in [0.1, 0.15) is 4.75 Å². The summed E-state index contributed by atoms with van der Waals surface area (Å²) in [5, 5.41) is 19.1. The number of fused-ring (bicyclic) bond motifs is 1. The highest BCUT2D eigenvalue weighted by molar-refractivity contribution is 7.92. The van der Waals surface area contributed by atoms with Crippen LogP contribution in [0.15, 0.2) is 18.2 Å². The highest BCUT2D eigenvalue weighted by atomic mass is 32.2. The maximum Gasteiger partial charge on any atom is 0.264 e. The number of hydroxylamine groups is 1. The van der Waals surface area contributed by atoms with Gasteiger partial charge in [-0.05, 0) is 56.2 Å². The molecule has 1 unspecified atom stereocenters. The van der Waals surface area contributed by atoms with Gasteiger partial charge in [0.05, 0.1) is 21.3 Å². The molecule has 4 rings (SSSR count). The smallest absolute Gasteiger partial charge is 0.264 e. The number of nitrogens with one attached hydrogen (secondary N) is 1. The number of amides is 1. The van der Waals surface area contributed by atoms with E-state index in [-0.39, 0.29) is 18.9 Å². The second-order valence-electron chi connectivity index (χ2n) is 9.18. The van der Waals surface area contributed by atoms with E-state index < -0.39 is 20.5 Å². The summed E-state index contributed by atoms with van der Waals surface area (Å²) in [5.74, 6) is 11.5. The standard InChI is InChI=1S/C24H27N3O5S2/c1-24(23(29)26-30,34(2,31)32)10-9-22-25-20-8-7-16(11-21(20)33-22)5-3-4-6-17-14-27(15-17)18-12-19(28)13-18/h7-8,11,17-19,28,30H,9-10,12-15H2,1-2H3,(H,26,29). The lowest BCUT2D eigenvalue weighted by Gasteiger charge is -2.48. The zero-order chi connectivity index (χ0) is 24.5. The fourth-order valence-corrected chi connectivity index (χ4v) is 5.95. The Hall–Kier alpha value is -2.47. The Bertz CT molecular complexity index is 1320. The van der Waals surface area contributed by atoms with E-state index in [0.717, 1.165) is 48.0 Å². The van der Waals surface area contributed by atoms with Crippen LogP contribution in [0, 0.1) is 29.6 Å². The number of hydrogen-bond acceptors (Lipinski definition) is 8. The first kappa shape index (κ1) is 24.6. The first-order chi connectivity index (χ1) is 16.1.